The van der Waals surface area contributed by atoms with Crippen LogP contribution in [0, 0.1) is 0 Å². The van der Waals surface area contributed by atoms with Crippen LogP contribution in [0.15, 0.2) is 108 Å². The van der Waals surface area contributed by atoms with Crippen LogP contribution >= 0.6 is 11.6 Å². The van der Waals surface area contributed by atoms with E-state index in [-0.39, 0.29) is 5.92 Å². The Bertz CT molecular complexity index is 1690. The van der Waals surface area contributed by atoms with Gasteiger partial charge in [0.1, 0.15) is 12.1 Å². The fourth-order valence-corrected chi connectivity index (χ4v) is 5.65. The molecule has 2 aliphatic rings. The van der Waals surface area contributed by atoms with Crippen molar-refractivity contribution in [2.45, 2.75) is 25.2 Å². The van der Waals surface area contributed by atoms with Gasteiger partial charge in [0.15, 0.2) is 11.5 Å². The second-order valence-electron chi connectivity index (χ2n) is 9.38. The van der Waals surface area contributed by atoms with E-state index < -0.39 is 0 Å². The molecule has 5 aromatic rings. The van der Waals surface area contributed by atoms with Crippen LogP contribution < -0.4 is 4.74 Å². The average molecular weight is 503 g/mol. The molecule has 180 valence electrons. The van der Waals surface area contributed by atoms with Crippen molar-refractivity contribution in [1.29, 1.82) is 0 Å². The van der Waals surface area contributed by atoms with Crippen molar-refractivity contribution in [3.63, 3.8) is 0 Å². The summed E-state index contributed by atoms with van der Waals surface area (Å²) in [7, 11) is 0. The van der Waals surface area contributed by atoms with Crippen LogP contribution in [-0.4, -0.2) is 19.6 Å². The summed E-state index contributed by atoms with van der Waals surface area (Å²) in [4.78, 5) is 9.70. The Morgan fingerprint density at radius 3 is 2.46 bits per heavy atom. The minimum Gasteiger partial charge on any atom is -0.438 e. The Kier molecular flexibility index (Phi) is 5.37. The monoisotopic (exact) mass is 502 g/mol. The maximum atomic E-state index is 6.61. The molecule has 3 aromatic carbocycles. The fraction of sp³-hybridized carbons (Fsp3) is 0.129. The summed E-state index contributed by atoms with van der Waals surface area (Å²) in [5, 5.41) is 5.35. The zero-order valence-corrected chi connectivity index (χ0v) is 20.8. The normalized spacial score (nSPS) is 18.0. The second-order valence-corrected chi connectivity index (χ2v) is 9.79. The predicted octanol–water partition coefficient (Wildman–Crippen LogP) is 7.49. The van der Waals surface area contributed by atoms with E-state index in [2.05, 4.69) is 54.6 Å². The van der Waals surface area contributed by atoms with Gasteiger partial charge in [-0.15, -0.1) is 5.10 Å². The first kappa shape index (κ1) is 22.0. The Morgan fingerprint density at radius 2 is 1.65 bits per heavy atom. The number of benzene rings is 3. The molecule has 0 saturated heterocycles. The van der Waals surface area contributed by atoms with E-state index in [0.717, 1.165) is 41.8 Å². The number of aromatic nitrogens is 4. The lowest BCUT2D eigenvalue weighted by Gasteiger charge is -2.34. The van der Waals surface area contributed by atoms with Crippen molar-refractivity contribution in [2.75, 3.05) is 0 Å². The third-order valence-corrected chi connectivity index (χ3v) is 7.42. The highest BCUT2D eigenvalue weighted by Gasteiger charge is 2.37. The number of hydrogen-bond donors (Lipinski definition) is 0. The third kappa shape index (κ3) is 3.83. The first-order valence-corrected chi connectivity index (χ1v) is 12.9. The SMILES string of the molecule is Clc1ccccc1-c1nc2c3c(ncn2n1)OC1=C(CCCC1=Cc1ccccc1)C3c1ccccc1. The van der Waals surface area contributed by atoms with Gasteiger partial charge in [0.05, 0.1) is 10.6 Å². The van der Waals surface area contributed by atoms with E-state index in [1.807, 2.05) is 36.4 Å². The predicted molar refractivity (Wildman–Crippen MR) is 145 cm³/mol. The zero-order chi connectivity index (χ0) is 24.8. The lowest BCUT2D eigenvalue weighted by Crippen LogP contribution is -2.22. The minimum atomic E-state index is -0.0288. The molecule has 7 rings (SSSR count). The van der Waals surface area contributed by atoms with E-state index in [4.69, 9.17) is 31.4 Å². The molecule has 1 aliphatic heterocycles. The van der Waals surface area contributed by atoms with Crippen LogP contribution in [0.3, 0.4) is 0 Å². The van der Waals surface area contributed by atoms with Gasteiger partial charge in [0, 0.05) is 11.5 Å². The summed E-state index contributed by atoms with van der Waals surface area (Å²) >= 11 is 6.48. The third-order valence-electron chi connectivity index (χ3n) is 7.09. The molecule has 5 nitrogen and oxygen atoms in total. The van der Waals surface area contributed by atoms with Crippen molar-refractivity contribution in [3.8, 4) is 17.3 Å². The van der Waals surface area contributed by atoms with Crippen molar-refractivity contribution < 1.29 is 4.74 Å². The Labute approximate surface area is 219 Å². The number of allylic oxidation sites excluding steroid dienone is 2. The highest BCUT2D eigenvalue weighted by molar-refractivity contribution is 6.33. The topological polar surface area (TPSA) is 52.3 Å². The molecular formula is C31H23ClN4O. The summed E-state index contributed by atoms with van der Waals surface area (Å²) in [6.45, 7) is 0. The first-order valence-electron chi connectivity index (χ1n) is 12.5. The molecular weight excluding hydrogens is 480 g/mol. The van der Waals surface area contributed by atoms with Crippen LogP contribution in [0.5, 0.6) is 5.88 Å². The number of halogens is 1. The summed E-state index contributed by atoms with van der Waals surface area (Å²) in [6, 6.07) is 28.6. The quantitative estimate of drug-likeness (QED) is 0.256. The summed E-state index contributed by atoms with van der Waals surface area (Å²) in [5.41, 5.74) is 7.31. The fourth-order valence-electron chi connectivity index (χ4n) is 5.43. The van der Waals surface area contributed by atoms with E-state index in [0.29, 0.717) is 16.7 Å². The van der Waals surface area contributed by atoms with E-state index in [9.17, 15) is 0 Å². The van der Waals surface area contributed by atoms with Crippen molar-refractivity contribution in [1.82, 2.24) is 19.6 Å². The molecule has 0 saturated carbocycles. The van der Waals surface area contributed by atoms with Gasteiger partial charge in [0.25, 0.3) is 0 Å². The molecule has 6 heteroatoms. The van der Waals surface area contributed by atoms with Gasteiger partial charge in [-0.25, -0.2) is 14.5 Å². The van der Waals surface area contributed by atoms with Crippen LogP contribution in [0.1, 0.15) is 41.9 Å². The number of ether oxygens (including phenoxy) is 1. The Balaban J connectivity index is 1.44. The molecule has 1 aliphatic carbocycles. The van der Waals surface area contributed by atoms with Crippen molar-refractivity contribution in [3.05, 3.63) is 130 Å². The molecule has 0 bridgehead atoms. The minimum absolute atomic E-state index is 0.0288. The molecule has 0 amide bonds. The van der Waals surface area contributed by atoms with E-state index in [1.165, 1.54) is 22.3 Å². The van der Waals surface area contributed by atoms with Crippen molar-refractivity contribution in [2.24, 2.45) is 0 Å². The number of fused-ring (bicyclic) bond motifs is 3. The molecule has 3 heterocycles. The van der Waals surface area contributed by atoms with Crippen LogP contribution in [-0.2, 0) is 0 Å². The molecule has 0 radical (unpaired) electrons. The number of hydrogen-bond acceptors (Lipinski definition) is 4. The van der Waals surface area contributed by atoms with Crippen LogP contribution in [0.25, 0.3) is 23.1 Å². The zero-order valence-electron chi connectivity index (χ0n) is 20.0. The van der Waals surface area contributed by atoms with E-state index in [1.54, 1.807) is 10.8 Å². The smallest absolute Gasteiger partial charge is 0.228 e. The molecule has 1 atom stereocenters. The molecule has 0 fully saturated rings. The first-order chi connectivity index (χ1) is 18.3. The van der Waals surface area contributed by atoms with Crippen molar-refractivity contribution >= 4 is 23.3 Å². The van der Waals surface area contributed by atoms with Gasteiger partial charge in [-0.1, -0.05) is 84.4 Å². The maximum absolute atomic E-state index is 6.61. The van der Waals surface area contributed by atoms with E-state index >= 15 is 0 Å². The van der Waals surface area contributed by atoms with Gasteiger partial charge in [0.2, 0.25) is 5.88 Å². The highest BCUT2D eigenvalue weighted by Crippen LogP contribution is 2.49. The lowest BCUT2D eigenvalue weighted by molar-refractivity contribution is 0.371. The lowest BCUT2D eigenvalue weighted by atomic mass is 9.77. The summed E-state index contributed by atoms with van der Waals surface area (Å²) < 4.78 is 8.35. The van der Waals surface area contributed by atoms with Gasteiger partial charge in [-0.2, -0.15) is 0 Å². The molecule has 37 heavy (non-hydrogen) atoms. The highest BCUT2D eigenvalue weighted by atomic mass is 35.5. The summed E-state index contributed by atoms with van der Waals surface area (Å²) in [6.07, 6.45) is 6.90. The molecule has 1 unspecified atom stereocenters. The molecule has 0 spiro atoms. The molecule has 2 aromatic heterocycles. The van der Waals surface area contributed by atoms with Gasteiger partial charge in [-0.3, -0.25) is 0 Å². The maximum Gasteiger partial charge on any atom is 0.228 e. The molecule has 0 N–H and O–H groups in total. The number of rotatable bonds is 3. The van der Waals surface area contributed by atoms with Crippen LogP contribution in [0.2, 0.25) is 5.02 Å². The second kappa shape index (κ2) is 9.02. The Morgan fingerprint density at radius 1 is 0.892 bits per heavy atom. The van der Waals surface area contributed by atoms with Gasteiger partial charge >= 0.3 is 0 Å². The van der Waals surface area contributed by atoms with Gasteiger partial charge in [-0.05, 0) is 59.7 Å². The largest absolute Gasteiger partial charge is 0.438 e. The summed E-state index contributed by atoms with van der Waals surface area (Å²) in [5.74, 6) is 2.07. The Hall–Kier alpha value is -4.22. The number of nitrogens with zero attached hydrogens (tertiary/aromatic N) is 4. The standard InChI is InChI=1S/C31H23ClN4O/c32-25-17-8-7-15-23(25)29-34-30-27-26(21-12-5-2-6-13-21)24-16-9-14-22(18-20-10-3-1-4-11-20)28(24)37-31(27)33-19-36(30)35-29/h1-8,10-13,15,17-19,26H,9,14,16H2. The van der Waals surface area contributed by atoms with Crippen LogP contribution in [0.4, 0.5) is 0 Å². The average Bonchev–Trinajstić information content (AvgIpc) is 3.38. The van der Waals surface area contributed by atoms with Gasteiger partial charge < -0.3 is 4.74 Å².